The lowest BCUT2D eigenvalue weighted by molar-refractivity contribution is 0.414. The van der Waals surface area contributed by atoms with Crippen molar-refractivity contribution in [1.29, 1.82) is 0 Å². The quantitative estimate of drug-likeness (QED) is 0.802. The number of rotatable bonds is 4. The summed E-state index contributed by atoms with van der Waals surface area (Å²) in [7, 11) is 3.55. The van der Waals surface area contributed by atoms with E-state index in [1.165, 1.54) is 0 Å². The van der Waals surface area contributed by atoms with E-state index in [1.807, 2.05) is 25.2 Å². The van der Waals surface area contributed by atoms with E-state index in [-0.39, 0.29) is 0 Å². The Hall–Kier alpha value is -0.730. The van der Waals surface area contributed by atoms with Gasteiger partial charge in [0.25, 0.3) is 0 Å². The van der Waals surface area contributed by atoms with Gasteiger partial charge in [-0.15, -0.1) is 0 Å². The molecule has 0 fully saturated rings. The van der Waals surface area contributed by atoms with Crippen LogP contribution in [0.15, 0.2) is 18.2 Å². The van der Waals surface area contributed by atoms with Crippen LogP contribution in [0.3, 0.4) is 0 Å². The second kappa shape index (κ2) is 5.10. The standard InChI is InChI=1S/C10H14ClNO/c1-12-7-6-8-4-3-5-9(13-2)10(8)11/h3-5,12H,6-7H2,1-2H3. The van der Waals surface area contributed by atoms with Crippen LogP contribution in [0, 0.1) is 0 Å². The number of hydrogen-bond donors (Lipinski definition) is 1. The fourth-order valence-corrected chi connectivity index (χ4v) is 1.46. The van der Waals surface area contributed by atoms with Crippen molar-refractivity contribution in [1.82, 2.24) is 5.32 Å². The van der Waals surface area contributed by atoms with Gasteiger partial charge in [0.1, 0.15) is 5.75 Å². The molecular weight excluding hydrogens is 186 g/mol. The van der Waals surface area contributed by atoms with Gasteiger partial charge in [0, 0.05) is 0 Å². The maximum Gasteiger partial charge on any atom is 0.137 e. The molecule has 72 valence electrons. The second-order valence-corrected chi connectivity index (χ2v) is 3.16. The third kappa shape index (κ3) is 2.61. The van der Waals surface area contributed by atoms with E-state index in [0.717, 1.165) is 29.3 Å². The molecule has 0 aromatic heterocycles. The molecule has 0 bridgehead atoms. The molecule has 0 saturated carbocycles. The normalized spacial score (nSPS) is 10.1. The Morgan fingerprint density at radius 3 is 2.85 bits per heavy atom. The lowest BCUT2D eigenvalue weighted by Crippen LogP contribution is -2.10. The van der Waals surface area contributed by atoms with Gasteiger partial charge < -0.3 is 10.1 Å². The fourth-order valence-electron chi connectivity index (χ4n) is 1.17. The third-order valence-corrected chi connectivity index (χ3v) is 2.34. The van der Waals surface area contributed by atoms with Crippen LogP contribution in [0.4, 0.5) is 0 Å². The highest BCUT2D eigenvalue weighted by Crippen LogP contribution is 2.27. The van der Waals surface area contributed by atoms with Gasteiger partial charge in [0.05, 0.1) is 12.1 Å². The largest absolute Gasteiger partial charge is 0.495 e. The number of methoxy groups -OCH3 is 1. The van der Waals surface area contributed by atoms with E-state index in [4.69, 9.17) is 16.3 Å². The zero-order chi connectivity index (χ0) is 9.68. The van der Waals surface area contributed by atoms with Crippen LogP contribution in [-0.2, 0) is 6.42 Å². The Labute approximate surface area is 83.9 Å². The number of hydrogen-bond acceptors (Lipinski definition) is 2. The first kappa shape index (κ1) is 10.4. The maximum atomic E-state index is 6.09. The van der Waals surface area contributed by atoms with Crippen molar-refractivity contribution >= 4 is 11.6 Å². The summed E-state index contributed by atoms with van der Waals surface area (Å²) in [5.74, 6) is 0.746. The number of benzene rings is 1. The Bertz CT molecular complexity index is 276. The van der Waals surface area contributed by atoms with Crippen LogP contribution in [0.25, 0.3) is 0 Å². The van der Waals surface area contributed by atoms with Crippen LogP contribution >= 0.6 is 11.6 Å². The molecular formula is C10H14ClNO. The van der Waals surface area contributed by atoms with Gasteiger partial charge in [-0.05, 0) is 31.6 Å². The summed E-state index contributed by atoms with van der Waals surface area (Å²) in [6.45, 7) is 0.923. The number of likely N-dealkylation sites (N-methyl/N-ethyl adjacent to an activating group) is 1. The molecule has 0 spiro atoms. The zero-order valence-corrected chi connectivity index (χ0v) is 8.69. The minimum Gasteiger partial charge on any atom is -0.495 e. The van der Waals surface area contributed by atoms with Gasteiger partial charge in [0.2, 0.25) is 0 Å². The molecule has 0 unspecified atom stereocenters. The summed E-state index contributed by atoms with van der Waals surface area (Å²) in [6, 6.07) is 5.84. The molecule has 0 amide bonds. The summed E-state index contributed by atoms with van der Waals surface area (Å²) in [6.07, 6.45) is 0.923. The van der Waals surface area contributed by atoms with E-state index in [1.54, 1.807) is 7.11 Å². The molecule has 0 saturated heterocycles. The first-order valence-corrected chi connectivity index (χ1v) is 4.63. The fraction of sp³-hybridized carbons (Fsp3) is 0.400. The topological polar surface area (TPSA) is 21.3 Å². The number of ether oxygens (including phenoxy) is 1. The second-order valence-electron chi connectivity index (χ2n) is 2.79. The average molecular weight is 200 g/mol. The van der Waals surface area contributed by atoms with Gasteiger partial charge in [-0.25, -0.2) is 0 Å². The van der Waals surface area contributed by atoms with E-state index in [9.17, 15) is 0 Å². The van der Waals surface area contributed by atoms with Gasteiger partial charge in [-0.1, -0.05) is 23.7 Å². The highest BCUT2D eigenvalue weighted by atomic mass is 35.5. The van der Waals surface area contributed by atoms with Crippen molar-refractivity contribution in [3.63, 3.8) is 0 Å². The van der Waals surface area contributed by atoms with Gasteiger partial charge >= 0.3 is 0 Å². The first-order valence-electron chi connectivity index (χ1n) is 4.25. The smallest absolute Gasteiger partial charge is 0.137 e. The summed E-state index contributed by atoms with van der Waals surface area (Å²) < 4.78 is 5.11. The van der Waals surface area contributed by atoms with E-state index in [0.29, 0.717) is 0 Å². The molecule has 3 heteroatoms. The summed E-state index contributed by atoms with van der Waals surface area (Å²) in [4.78, 5) is 0. The van der Waals surface area contributed by atoms with E-state index < -0.39 is 0 Å². The van der Waals surface area contributed by atoms with E-state index >= 15 is 0 Å². The van der Waals surface area contributed by atoms with Crippen LogP contribution in [0.5, 0.6) is 5.75 Å². The van der Waals surface area contributed by atoms with Crippen molar-refractivity contribution in [2.24, 2.45) is 0 Å². The van der Waals surface area contributed by atoms with Crippen LogP contribution in [0.1, 0.15) is 5.56 Å². The average Bonchev–Trinajstić information content (AvgIpc) is 2.16. The molecule has 2 nitrogen and oxygen atoms in total. The van der Waals surface area contributed by atoms with E-state index in [2.05, 4.69) is 5.32 Å². The lowest BCUT2D eigenvalue weighted by atomic mass is 10.1. The predicted molar refractivity (Wildman–Crippen MR) is 55.6 cm³/mol. The Morgan fingerprint density at radius 1 is 1.46 bits per heavy atom. The Morgan fingerprint density at radius 2 is 2.23 bits per heavy atom. The van der Waals surface area contributed by atoms with Crippen LogP contribution in [0.2, 0.25) is 5.02 Å². The molecule has 0 aliphatic rings. The summed E-state index contributed by atoms with van der Waals surface area (Å²) >= 11 is 6.09. The molecule has 0 atom stereocenters. The van der Waals surface area contributed by atoms with Gasteiger partial charge in [0.15, 0.2) is 0 Å². The maximum absolute atomic E-state index is 6.09. The Kier molecular flexibility index (Phi) is 4.06. The summed E-state index contributed by atoms with van der Waals surface area (Å²) in [5, 5.41) is 3.80. The van der Waals surface area contributed by atoms with Crippen LogP contribution < -0.4 is 10.1 Å². The molecule has 0 heterocycles. The molecule has 13 heavy (non-hydrogen) atoms. The highest BCUT2D eigenvalue weighted by Gasteiger charge is 2.04. The molecule has 0 aliphatic heterocycles. The summed E-state index contributed by atoms with van der Waals surface area (Å²) in [5.41, 5.74) is 1.12. The van der Waals surface area contributed by atoms with Crippen molar-refractivity contribution < 1.29 is 4.74 Å². The number of nitrogens with one attached hydrogen (secondary N) is 1. The Balaban J connectivity index is 2.81. The highest BCUT2D eigenvalue weighted by molar-refractivity contribution is 6.32. The first-order chi connectivity index (χ1) is 6.29. The SMILES string of the molecule is CNCCc1cccc(OC)c1Cl. The molecule has 1 aromatic carbocycles. The monoisotopic (exact) mass is 199 g/mol. The van der Waals surface area contributed by atoms with Crippen molar-refractivity contribution in [2.45, 2.75) is 6.42 Å². The van der Waals surface area contributed by atoms with Gasteiger partial charge in [-0.2, -0.15) is 0 Å². The molecule has 1 rings (SSSR count). The minimum atomic E-state index is 0.722. The van der Waals surface area contributed by atoms with Crippen molar-refractivity contribution in [3.8, 4) is 5.75 Å². The molecule has 1 aromatic rings. The molecule has 0 aliphatic carbocycles. The molecule has 0 radical (unpaired) electrons. The third-order valence-electron chi connectivity index (χ3n) is 1.91. The van der Waals surface area contributed by atoms with Gasteiger partial charge in [-0.3, -0.25) is 0 Å². The minimum absolute atomic E-state index is 0.722. The zero-order valence-electron chi connectivity index (χ0n) is 7.93. The molecule has 1 N–H and O–H groups in total. The van der Waals surface area contributed by atoms with Crippen LogP contribution in [-0.4, -0.2) is 20.7 Å². The predicted octanol–water partition coefficient (Wildman–Crippen LogP) is 2.11. The van der Waals surface area contributed by atoms with Crippen molar-refractivity contribution in [2.75, 3.05) is 20.7 Å². The van der Waals surface area contributed by atoms with Crippen molar-refractivity contribution in [3.05, 3.63) is 28.8 Å². The lowest BCUT2D eigenvalue weighted by Gasteiger charge is -2.07. The number of halogens is 1.